The lowest BCUT2D eigenvalue weighted by Crippen LogP contribution is -2.15. The lowest BCUT2D eigenvalue weighted by molar-refractivity contribution is 0.0659. The highest BCUT2D eigenvalue weighted by Gasteiger charge is 2.40. The van der Waals surface area contributed by atoms with Crippen LogP contribution in [0.4, 0.5) is 0 Å². The van der Waals surface area contributed by atoms with Crippen molar-refractivity contribution in [3.05, 3.63) is 23.7 Å². The number of ketones is 1. The molecule has 2 saturated carbocycles. The van der Waals surface area contributed by atoms with Crippen LogP contribution in [0, 0.1) is 17.8 Å². The molecule has 4 nitrogen and oxygen atoms in total. The van der Waals surface area contributed by atoms with Gasteiger partial charge in [0, 0.05) is 6.42 Å². The summed E-state index contributed by atoms with van der Waals surface area (Å²) in [7, 11) is 0. The molecule has 0 aromatic carbocycles. The number of hydrogen-bond acceptors (Lipinski definition) is 3. The van der Waals surface area contributed by atoms with Crippen LogP contribution in [0.1, 0.15) is 53.2 Å². The highest BCUT2D eigenvalue weighted by molar-refractivity contribution is 5.95. The number of rotatable bonds is 4. The summed E-state index contributed by atoms with van der Waals surface area (Å²) >= 11 is 0. The number of carboxylic acids is 1. The first kappa shape index (κ1) is 11.5. The second-order valence-electron chi connectivity index (χ2n) is 5.53. The molecule has 3 rings (SSSR count). The summed E-state index contributed by atoms with van der Waals surface area (Å²) in [6.45, 7) is 0. The zero-order valence-electron chi connectivity index (χ0n) is 10.1. The third-order valence-corrected chi connectivity index (χ3v) is 4.42. The fraction of sp³-hybridized carbons (Fsp3) is 0.571. The molecule has 1 aromatic rings. The van der Waals surface area contributed by atoms with Gasteiger partial charge in [0.1, 0.15) is 0 Å². The number of furan rings is 1. The van der Waals surface area contributed by atoms with E-state index in [0.717, 1.165) is 12.3 Å². The van der Waals surface area contributed by atoms with Gasteiger partial charge < -0.3 is 9.52 Å². The SMILES string of the molecule is O=C(O)c1ccc(C(=O)CC2CC3CCC2C3)o1. The molecule has 1 N–H and O–H groups in total. The molecule has 0 radical (unpaired) electrons. The number of fused-ring (bicyclic) bond motifs is 2. The van der Waals surface area contributed by atoms with Gasteiger partial charge in [-0.3, -0.25) is 4.79 Å². The van der Waals surface area contributed by atoms with Crippen molar-refractivity contribution >= 4 is 11.8 Å². The van der Waals surface area contributed by atoms with E-state index in [0.29, 0.717) is 18.3 Å². The van der Waals surface area contributed by atoms with E-state index in [1.807, 2.05) is 0 Å². The lowest BCUT2D eigenvalue weighted by atomic mass is 9.85. The molecule has 4 heteroatoms. The van der Waals surface area contributed by atoms with Gasteiger partial charge in [0.15, 0.2) is 11.5 Å². The van der Waals surface area contributed by atoms with Gasteiger partial charge in [-0.2, -0.15) is 0 Å². The van der Waals surface area contributed by atoms with Crippen molar-refractivity contribution in [1.29, 1.82) is 0 Å². The molecule has 1 heterocycles. The molecular formula is C14H16O4. The third-order valence-electron chi connectivity index (χ3n) is 4.42. The maximum Gasteiger partial charge on any atom is 0.371 e. The molecule has 3 unspecified atom stereocenters. The average Bonchev–Trinajstić information content (AvgIpc) is 3.04. The highest BCUT2D eigenvalue weighted by atomic mass is 16.4. The van der Waals surface area contributed by atoms with Gasteiger partial charge in [-0.05, 0) is 49.1 Å². The van der Waals surface area contributed by atoms with E-state index in [1.54, 1.807) is 0 Å². The van der Waals surface area contributed by atoms with Gasteiger partial charge in [-0.15, -0.1) is 0 Å². The summed E-state index contributed by atoms with van der Waals surface area (Å²) in [4.78, 5) is 22.7. The molecule has 1 aromatic heterocycles. The van der Waals surface area contributed by atoms with Crippen molar-refractivity contribution in [1.82, 2.24) is 0 Å². The minimum absolute atomic E-state index is 0.0555. The van der Waals surface area contributed by atoms with Crippen LogP contribution in [-0.2, 0) is 0 Å². The number of carboxylic acid groups (broad SMARTS) is 1. The lowest BCUT2D eigenvalue weighted by Gasteiger charge is -2.20. The zero-order chi connectivity index (χ0) is 12.7. The van der Waals surface area contributed by atoms with E-state index in [2.05, 4.69) is 0 Å². The Kier molecular flexibility index (Phi) is 2.73. The molecular weight excluding hydrogens is 232 g/mol. The molecule has 0 aliphatic heterocycles. The molecule has 18 heavy (non-hydrogen) atoms. The minimum atomic E-state index is -1.13. The van der Waals surface area contributed by atoms with Crippen molar-refractivity contribution in [2.75, 3.05) is 0 Å². The molecule has 3 atom stereocenters. The summed E-state index contributed by atoms with van der Waals surface area (Å²) in [6.07, 6.45) is 5.51. The fourth-order valence-electron chi connectivity index (χ4n) is 3.57. The molecule has 0 saturated heterocycles. The summed E-state index contributed by atoms with van der Waals surface area (Å²) in [5.41, 5.74) is 0. The zero-order valence-corrected chi connectivity index (χ0v) is 10.1. The Labute approximate surface area is 105 Å². The first-order chi connectivity index (χ1) is 8.63. The van der Waals surface area contributed by atoms with Crippen LogP contribution in [0.15, 0.2) is 16.5 Å². The van der Waals surface area contributed by atoms with Crippen LogP contribution in [0.5, 0.6) is 0 Å². The van der Waals surface area contributed by atoms with Crippen molar-refractivity contribution < 1.29 is 19.1 Å². The Hall–Kier alpha value is -1.58. The van der Waals surface area contributed by atoms with Crippen LogP contribution in [0.2, 0.25) is 0 Å². The van der Waals surface area contributed by atoms with E-state index in [4.69, 9.17) is 9.52 Å². The van der Waals surface area contributed by atoms with Crippen LogP contribution >= 0.6 is 0 Å². The third kappa shape index (κ3) is 1.96. The van der Waals surface area contributed by atoms with Crippen molar-refractivity contribution in [2.24, 2.45) is 17.8 Å². The van der Waals surface area contributed by atoms with Gasteiger partial charge in [-0.1, -0.05) is 6.42 Å². The van der Waals surface area contributed by atoms with E-state index in [-0.39, 0.29) is 17.3 Å². The molecule has 2 aliphatic carbocycles. The highest BCUT2D eigenvalue weighted by Crippen LogP contribution is 2.49. The number of carbonyl (C=O) groups is 2. The van der Waals surface area contributed by atoms with Crippen LogP contribution in [-0.4, -0.2) is 16.9 Å². The summed E-state index contributed by atoms with van der Waals surface area (Å²) < 4.78 is 5.05. The van der Waals surface area contributed by atoms with Crippen molar-refractivity contribution in [2.45, 2.75) is 32.1 Å². The van der Waals surface area contributed by atoms with Gasteiger partial charge in [0.25, 0.3) is 0 Å². The second-order valence-corrected chi connectivity index (χ2v) is 5.53. The van der Waals surface area contributed by atoms with Gasteiger partial charge in [0.2, 0.25) is 5.76 Å². The van der Waals surface area contributed by atoms with E-state index >= 15 is 0 Å². The summed E-state index contributed by atoms with van der Waals surface area (Å²) in [5, 5.41) is 8.75. The Morgan fingerprint density at radius 1 is 1.22 bits per heavy atom. The number of aromatic carboxylic acids is 1. The van der Waals surface area contributed by atoms with E-state index in [1.165, 1.54) is 31.4 Å². The predicted molar refractivity (Wildman–Crippen MR) is 63.6 cm³/mol. The normalized spacial score (nSPS) is 29.7. The summed E-state index contributed by atoms with van der Waals surface area (Å²) in [5.74, 6) is 0.844. The van der Waals surface area contributed by atoms with Crippen LogP contribution in [0.25, 0.3) is 0 Å². The van der Waals surface area contributed by atoms with Crippen molar-refractivity contribution in [3.8, 4) is 0 Å². The fourth-order valence-corrected chi connectivity index (χ4v) is 3.57. The summed E-state index contributed by atoms with van der Waals surface area (Å²) in [6, 6.07) is 2.81. The molecule has 2 aliphatic rings. The monoisotopic (exact) mass is 248 g/mol. The minimum Gasteiger partial charge on any atom is -0.475 e. The van der Waals surface area contributed by atoms with Gasteiger partial charge >= 0.3 is 5.97 Å². The largest absolute Gasteiger partial charge is 0.475 e. The van der Waals surface area contributed by atoms with E-state index < -0.39 is 5.97 Å². The maximum absolute atomic E-state index is 12.0. The number of carbonyl (C=O) groups excluding carboxylic acids is 1. The maximum atomic E-state index is 12.0. The molecule has 0 amide bonds. The van der Waals surface area contributed by atoms with Crippen LogP contribution in [0.3, 0.4) is 0 Å². The second kappa shape index (κ2) is 4.26. The first-order valence-electron chi connectivity index (χ1n) is 6.50. The standard InChI is InChI=1S/C14H16O4/c15-11(12-3-4-13(18-12)14(16)17)7-10-6-8-1-2-9(10)5-8/h3-4,8-10H,1-2,5-7H2,(H,16,17). The Balaban J connectivity index is 1.65. The predicted octanol–water partition coefficient (Wildman–Crippen LogP) is 2.99. The Morgan fingerprint density at radius 2 is 2.00 bits per heavy atom. The smallest absolute Gasteiger partial charge is 0.371 e. The van der Waals surface area contributed by atoms with E-state index in [9.17, 15) is 9.59 Å². The topological polar surface area (TPSA) is 67.5 Å². The van der Waals surface area contributed by atoms with Crippen molar-refractivity contribution in [3.63, 3.8) is 0 Å². The Bertz CT molecular complexity index is 488. The molecule has 2 fully saturated rings. The molecule has 0 spiro atoms. The number of hydrogen-bond donors (Lipinski definition) is 1. The Morgan fingerprint density at radius 3 is 2.56 bits per heavy atom. The average molecular weight is 248 g/mol. The van der Waals surface area contributed by atoms with Gasteiger partial charge in [0.05, 0.1) is 0 Å². The quantitative estimate of drug-likeness (QED) is 0.832. The number of Topliss-reactive ketones (excluding diaryl/α,β-unsaturated/α-hetero) is 1. The molecule has 96 valence electrons. The molecule has 2 bridgehead atoms. The van der Waals surface area contributed by atoms with Gasteiger partial charge in [-0.25, -0.2) is 4.79 Å². The first-order valence-corrected chi connectivity index (χ1v) is 6.50. The van der Waals surface area contributed by atoms with Crippen LogP contribution < -0.4 is 0 Å².